The van der Waals surface area contributed by atoms with Gasteiger partial charge in [0.2, 0.25) is 0 Å². The van der Waals surface area contributed by atoms with E-state index in [0.29, 0.717) is 27.7 Å². The van der Waals surface area contributed by atoms with E-state index in [1.165, 1.54) is 0 Å². The summed E-state index contributed by atoms with van der Waals surface area (Å²) in [6, 6.07) is 3.24. The number of hydrogen-bond acceptors (Lipinski definition) is 2. The molecule has 4 aromatic carbocycles. The zero-order valence-electron chi connectivity index (χ0n) is 34.8. The van der Waals surface area contributed by atoms with Crippen molar-refractivity contribution >= 4 is 46.4 Å². The van der Waals surface area contributed by atoms with Gasteiger partial charge in [-0.1, -0.05) is 24.3 Å². The van der Waals surface area contributed by atoms with E-state index in [0.717, 1.165) is 48.6 Å². The first kappa shape index (κ1) is 48.5. The van der Waals surface area contributed by atoms with Crippen molar-refractivity contribution in [3.63, 3.8) is 0 Å². The largest absolute Gasteiger partial charge is 2.00 e. The number of hydrogen-bond donors (Lipinski definition) is 0. The molecular formula is C48H20F16N4Pt. The van der Waals surface area contributed by atoms with Gasteiger partial charge < -0.3 is 9.97 Å². The SMILES string of the molecule is Cc1c(F)c(F)c(-c2c3nc(c(-c4c(F)c(F)c(C)c(F)c4F)c4ccc([n-]4)c(-c4c(F)c(F)c(C)c(F)c4F)c4nc(c(-c5c(F)c(F)c(C)c(F)c5F)c5ccc2[n-]5)C=C4)C=C3)c(F)c1F.[Pt+2]. The minimum atomic E-state index is -2.08. The van der Waals surface area contributed by atoms with Crippen LogP contribution < -0.4 is 9.97 Å². The molecule has 0 radical (unpaired) electrons. The molecule has 0 spiro atoms. The third kappa shape index (κ3) is 7.11. The Morgan fingerprint density at radius 3 is 0.580 bits per heavy atom. The molecule has 8 bridgehead atoms. The molecule has 2 aliphatic heterocycles. The number of halogens is 16. The summed E-state index contributed by atoms with van der Waals surface area (Å²) >= 11 is 0. The second-order valence-electron chi connectivity index (χ2n) is 15.4. The van der Waals surface area contributed by atoms with E-state index in [4.69, 9.17) is 0 Å². The van der Waals surface area contributed by atoms with Crippen molar-refractivity contribution in [3.05, 3.63) is 162 Å². The smallest absolute Gasteiger partial charge is 0.657 e. The molecule has 2 aliphatic rings. The van der Waals surface area contributed by atoms with Gasteiger partial charge in [0.05, 0.1) is 45.0 Å². The van der Waals surface area contributed by atoms with Crippen LogP contribution in [0.25, 0.3) is 90.9 Å². The number of fused-ring (bicyclic) bond motifs is 8. The molecule has 69 heavy (non-hydrogen) atoms. The first-order valence-electron chi connectivity index (χ1n) is 19.5. The van der Waals surface area contributed by atoms with Crippen molar-refractivity contribution in [3.8, 4) is 44.5 Å². The number of aromatic nitrogens is 4. The second kappa shape index (κ2) is 17.2. The van der Waals surface area contributed by atoms with E-state index in [2.05, 4.69) is 19.9 Å². The van der Waals surface area contributed by atoms with Gasteiger partial charge in [0.15, 0.2) is 93.1 Å². The molecule has 4 nitrogen and oxygen atoms in total. The molecule has 0 atom stereocenters. The summed E-state index contributed by atoms with van der Waals surface area (Å²) in [4.78, 5) is 16.7. The quantitative estimate of drug-likeness (QED) is 0.130. The number of benzene rings is 4. The molecule has 7 aromatic rings. The van der Waals surface area contributed by atoms with Crippen LogP contribution >= 0.6 is 0 Å². The summed E-state index contributed by atoms with van der Waals surface area (Å²) in [6.45, 7) is 2.71. The molecule has 5 heterocycles. The zero-order chi connectivity index (χ0) is 49.3. The van der Waals surface area contributed by atoms with E-state index in [1.807, 2.05) is 0 Å². The maximum Gasteiger partial charge on any atom is 2.00 e. The van der Waals surface area contributed by atoms with Crippen LogP contribution in [0.2, 0.25) is 0 Å². The Labute approximate surface area is 391 Å². The van der Waals surface area contributed by atoms with Gasteiger partial charge in [0.25, 0.3) is 0 Å². The Hall–Kier alpha value is -6.95. The van der Waals surface area contributed by atoms with E-state index < -0.39 is 205 Å². The summed E-state index contributed by atoms with van der Waals surface area (Å²) in [7, 11) is 0. The molecule has 9 rings (SSSR count). The Kier molecular flexibility index (Phi) is 12.1. The monoisotopic (exact) mass is 1150 g/mol. The van der Waals surface area contributed by atoms with E-state index in [9.17, 15) is 0 Å². The van der Waals surface area contributed by atoms with Crippen LogP contribution in [0.4, 0.5) is 70.2 Å². The molecule has 0 aliphatic carbocycles. The van der Waals surface area contributed by atoms with Crippen LogP contribution in [0.1, 0.15) is 45.0 Å². The normalized spacial score (nSPS) is 12.1. The molecule has 3 aromatic heterocycles. The molecule has 0 unspecified atom stereocenters. The van der Waals surface area contributed by atoms with Crippen LogP contribution in [-0.4, -0.2) is 9.97 Å². The predicted octanol–water partition coefficient (Wildman–Crippen LogP) is 14.0. The van der Waals surface area contributed by atoms with Gasteiger partial charge in [0.1, 0.15) is 0 Å². The van der Waals surface area contributed by atoms with Crippen molar-refractivity contribution in [1.82, 2.24) is 19.9 Å². The standard InChI is InChI=1S/C48H20F16N4.Pt/c1-13-33(49)41(57)29(42(58)34(13)50)25-17-5-7-19(65-17)26(30-43(59)35(51)14(2)36(52)44(30)60)21-9-11-23(67-21)28(32-47(63)39(55)16(4)40(56)48(32)64)24-12-10-22(68-24)27(20-8-6-18(25)66-20)31-45(61)37(53)15(3)38(54)46(31)62;/h5-12H,1-4H3;/q-2;+2. The molecule has 0 N–H and O–H groups in total. The van der Waals surface area contributed by atoms with Gasteiger partial charge in [-0.3, -0.25) is 0 Å². The zero-order valence-corrected chi connectivity index (χ0v) is 37.0. The van der Waals surface area contributed by atoms with Crippen LogP contribution in [-0.2, 0) is 21.1 Å². The van der Waals surface area contributed by atoms with Gasteiger partial charge in [-0.05, 0) is 74.3 Å². The van der Waals surface area contributed by atoms with Crippen LogP contribution in [0.3, 0.4) is 0 Å². The van der Waals surface area contributed by atoms with E-state index in [-0.39, 0.29) is 21.1 Å². The fourth-order valence-corrected chi connectivity index (χ4v) is 7.96. The first-order valence-corrected chi connectivity index (χ1v) is 19.5. The average Bonchev–Trinajstić information content (AvgIpc) is 4.18. The molecular weight excluding hydrogens is 1130 g/mol. The molecule has 0 saturated heterocycles. The van der Waals surface area contributed by atoms with Crippen molar-refractivity contribution in [2.45, 2.75) is 27.7 Å². The Morgan fingerprint density at radius 1 is 0.261 bits per heavy atom. The second-order valence-corrected chi connectivity index (χ2v) is 15.4. The predicted molar refractivity (Wildman–Crippen MR) is 217 cm³/mol. The van der Waals surface area contributed by atoms with Gasteiger partial charge in [-0.25, -0.2) is 80.2 Å². The molecule has 21 heteroatoms. The van der Waals surface area contributed by atoms with E-state index in [1.54, 1.807) is 0 Å². The minimum Gasteiger partial charge on any atom is -0.657 e. The Balaban J connectivity index is 0.00000642. The van der Waals surface area contributed by atoms with Crippen LogP contribution in [0.15, 0.2) is 24.3 Å². The minimum absolute atomic E-state index is 0. The summed E-state index contributed by atoms with van der Waals surface area (Å²) in [5.74, 6) is -32.2. The van der Waals surface area contributed by atoms with Gasteiger partial charge in [-0.2, -0.15) is 0 Å². The fourth-order valence-electron chi connectivity index (χ4n) is 7.96. The summed E-state index contributed by atoms with van der Waals surface area (Å²) in [5, 5.41) is 0. The maximum absolute atomic E-state index is 16.1. The third-order valence-electron chi connectivity index (χ3n) is 11.5. The third-order valence-corrected chi connectivity index (χ3v) is 11.5. The molecule has 0 amide bonds. The summed E-state index contributed by atoms with van der Waals surface area (Å²) in [6.07, 6.45) is 3.24. The van der Waals surface area contributed by atoms with Crippen LogP contribution in [0, 0.1) is 121 Å². The fraction of sp³-hybridized carbons (Fsp3) is 0.0833. The van der Waals surface area contributed by atoms with Crippen molar-refractivity contribution < 1.29 is 91.3 Å². The average molecular weight is 1150 g/mol. The number of nitrogens with zero attached hydrogens (tertiary/aromatic N) is 4. The molecule has 354 valence electrons. The summed E-state index contributed by atoms with van der Waals surface area (Å²) in [5.41, 5.74) is -21.2. The Bertz CT molecular complexity index is 3120. The Morgan fingerprint density at radius 2 is 0.420 bits per heavy atom. The van der Waals surface area contributed by atoms with Crippen molar-refractivity contribution in [1.29, 1.82) is 0 Å². The van der Waals surface area contributed by atoms with Crippen molar-refractivity contribution in [2.75, 3.05) is 0 Å². The van der Waals surface area contributed by atoms with Gasteiger partial charge in [0, 0.05) is 22.3 Å². The molecule has 0 fully saturated rings. The van der Waals surface area contributed by atoms with E-state index >= 15 is 70.2 Å². The van der Waals surface area contributed by atoms with Crippen molar-refractivity contribution in [2.24, 2.45) is 0 Å². The summed E-state index contributed by atoms with van der Waals surface area (Å²) < 4.78 is 252. The maximum atomic E-state index is 16.1. The number of rotatable bonds is 4. The van der Waals surface area contributed by atoms with Crippen LogP contribution in [0.5, 0.6) is 0 Å². The van der Waals surface area contributed by atoms with Gasteiger partial charge >= 0.3 is 21.1 Å². The first-order chi connectivity index (χ1) is 32.1. The van der Waals surface area contributed by atoms with Gasteiger partial charge in [-0.15, -0.1) is 22.1 Å². The topological polar surface area (TPSA) is 54.0 Å². The molecule has 0 saturated carbocycles.